The van der Waals surface area contributed by atoms with E-state index in [1.54, 1.807) is 17.0 Å². The van der Waals surface area contributed by atoms with Gasteiger partial charge in [0.1, 0.15) is 23.7 Å². The third kappa shape index (κ3) is 5.14. The molecule has 8 heteroatoms. The van der Waals surface area contributed by atoms with Crippen molar-refractivity contribution in [2.75, 3.05) is 43.1 Å². The maximum atomic E-state index is 13.9. The molecule has 2 fully saturated rings. The molecule has 0 bridgehead atoms. The molecule has 2 aromatic carbocycles. The highest BCUT2D eigenvalue weighted by atomic mass is 16.5. The SMILES string of the molecule is CC.CN1CCCC1COc1nc2c(c(N3CCCCCC3)n1)C(=O)N(c1cc(O)cc3ccccc13)C2. The van der Waals surface area contributed by atoms with Gasteiger partial charge >= 0.3 is 6.01 Å². The number of phenols is 1. The van der Waals surface area contributed by atoms with Gasteiger partial charge in [0.15, 0.2) is 0 Å². The fourth-order valence-corrected chi connectivity index (χ4v) is 5.79. The highest BCUT2D eigenvalue weighted by molar-refractivity contribution is 6.16. The molecule has 8 nitrogen and oxygen atoms in total. The maximum absolute atomic E-state index is 13.9. The Labute approximate surface area is 225 Å². The van der Waals surface area contributed by atoms with Crippen LogP contribution < -0.4 is 14.5 Å². The van der Waals surface area contributed by atoms with Gasteiger partial charge in [-0.2, -0.15) is 9.97 Å². The van der Waals surface area contributed by atoms with Gasteiger partial charge in [-0.15, -0.1) is 0 Å². The number of carbonyl (C=O) groups excluding carboxylic acids is 1. The molecule has 0 saturated carbocycles. The van der Waals surface area contributed by atoms with Crippen LogP contribution in [-0.4, -0.2) is 65.2 Å². The Balaban J connectivity index is 0.00000144. The molecule has 3 aromatic rings. The average molecular weight is 518 g/mol. The van der Waals surface area contributed by atoms with Crippen molar-refractivity contribution >= 4 is 28.2 Å². The number of hydrogen-bond donors (Lipinski definition) is 1. The molecule has 202 valence electrons. The fourth-order valence-electron chi connectivity index (χ4n) is 5.79. The smallest absolute Gasteiger partial charge is 0.318 e. The predicted octanol–water partition coefficient (Wildman–Crippen LogP) is 5.38. The first-order chi connectivity index (χ1) is 18.6. The van der Waals surface area contributed by atoms with E-state index >= 15 is 0 Å². The van der Waals surface area contributed by atoms with Crippen molar-refractivity contribution in [3.63, 3.8) is 0 Å². The van der Waals surface area contributed by atoms with Crippen molar-refractivity contribution in [2.24, 2.45) is 0 Å². The number of fused-ring (bicyclic) bond motifs is 2. The van der Waals surface area contributed by atoms with E-state index < -0.39 is 0 Å². The number of likely N-dealkylation sites (tertiary alicyclic amines) is 1. The van der Waals surface area contributed by atoms with E-state index in [0.29, 0.717) is 48.0 Å². The number of carbonyl (C=O) groups is 1. The van der Waals surface area contributed by atoms with Gasteiger partial charge in [0.05, 0.1) is 17.9 Å². The van der Waals surface area contributed by atoms with Crippen LogP contribution in [0.2, 0.25) is 0 Å². The molecule has 0 aliphatic carbocycles. The van der Waals surface area contributed by atoms with Crippen LogP contribution in [-0.2, 0) is 6.54 Å². The Morgan fingerprint density at radius 1 is 1.00 bits per heavy atom. The normalized spacial score (nSPS) is 19.8. The molecule has 1 aromatic heterocycles. The summed E-state index contributed by atoms with van der Waals surface area (Å²) in [5, 5.41) is 12.2. The van der Waals surface area contributed by atoms with E-state index in [4.69, 9.17) is 14.7 Å². The summed E-state index contributed by atoms with van der Waals surface area (Å²) in [5.41, 5.74) is 1.94. The summed E-state index contributed by atoms with van der Waals surface area (Å²) < 4.78 is 6.15. The first kappa shape index (κ1) is 26.2. The van der Waals surface area contributed by atoms with Gasteiger partial charge in [0, 0.05) is 30.6 Å². The van der Waals surface area contributed by atoms with Crippen molar-refractivity contribution in [3.8, 4) is 11.8 Å². The summed E-state index contributed by atoms with van der Waals surface area (Å²) in [6, 6.07) is 11.9. The molecular weight excluding hydrogens is 478 g/mol. The molecule has 1 unspecified atom stereocenters. The number of aromatic hydroxyl groups is 1. The lowest BCUT2D eigenvalue weighted by Crippen LogP contribution is -2.31. The predicted molar refractivity (Wildman–Crippen MR) is 151 cm³/mol. The molecule has 1 amide bonds. The zero-order valence-corrected chi connectivity index (χ0v) is 22.8. The summed E-state index contributed by atoms with van der Waals surface area (Å²) in [5.74, 6) is 0.701. The second-order valence-corrected chi connectivity index (χ2v) is 10.2. The van der Waals surface area contributed by atoms with Crippen LogP contribution in [0.3, 0.4) is 0 Å². The molecule has 3 aliphatic heterocycles. The van der Waals surface area contributed by atoms with E-state index in [-0.39, 0.29) is 11.7 Å². The van der Waals surface area contributed by atoms with Crippen molar-refractivity contribution in [1.29, 1.82) is 0 Å². The second kappa shape index (κ2) is 11.6. The van der Waals surface area contributed by atoms with Gasteiger partial charge in [-0.25, -0.2) is 0 Å². The molecule has 6 rings (SSSR count). The summed E-state index contributed by atoms with van der Waals surface area (Å²) in [4.78, 5) is 29.8. The molecule has 1 atom stereocenters. The van der Waals surface area contributed by atoms with Gasteiger partial charge in [-0.05, 0) is 50.7 Å². The molecule has 4 heterocycles. The third-order valence-corrected chi connectivity index (χ3v) is 7.81. The Morgan fingerprint density at radius 2 is 1.76 bits per heavy atom. The molecule has 2 saturated heterocycles. The lowest BCUT2D eigenvalue weighted by Gasteiger charge is -2.24. The fraction of sp³-hybridized carbons (Fsp3) is 0.500. The van der Waals surface area contributed by atoms with Gasteiger partial charge < -0.3 is 24.5 Å². The number of aromatic nitrogens is 2. The lowest BCUT2D eigenvalue weighted by molar-refractivity contribution is 0.0997. The number of benzene rings is 2. The lowest BCUT2D eigenvalue weighted by atomic mass is 10.1. The molecule has 38 heavy (non-hydrogen) atoms. The standard InChI is InChI=1S/C28H33N5O3.C2H6/c1-31-12-8-10-20(31)18-36-28-29-23-17-33(24-16-21(34)15-19-9-4-5-11-22(19)24)27(35)25(23)26(30-28)32-13-6-2-3-7-14-32;1-2/h4-5,9,11,15-16,20,34H,2-3,6-8,10,12-14,17-18H2,1H3;1-2H3. The van der Waals surface area contributed by atoms with Crippen LogP contribution in [0, 0.1) is 0 Å². The molecule has 3 aliphatic rings. The van der Waals surface area contributed by atoms with Crippen molar-refractivity contribution in [2.45, 2.75) is 65.0 Å². The Kier molecular flexibility index (Phi) is 7.98. The van der Waals surface area contributed by atoms with Crippen LogP contribution in [0.5, 0.6) is 11.8 Å². The maximum Gasteiger partial charge on any atom is 0.318 e. The minimum absolute atomic E-state index is 0.123. The number of nitrogens with zero attached hydrogens (tertiary/aromatic N) is 5. The van der Waals surface area contributed by atoms with Crippen LogP contribution in [0.1, 0.15) is 68.4 Å². The minimum atomic E-state index is -0.123. The van der Waals surface area contributed by atoms with Crippen molar-refractivity contribution < 1.29 is 14.6 Å². The molecule has 0 radical (unpaired) electrons. The zero-order valence-electron chi connectivity index (χ0n) is 22.8. The number of ether oxygens (including phenoxy) is 1. The number of anilines is 2. The molecular formula is C30H39N5O3. The number of hydrogen-bond acceptors (Lipinski definition) is 7. The zero-order chi connectivity index (χ0) is 26.6. The monoisotopic (exact) mass is 517 g/mol. The number of amides is 1. The second-order valence-electron chi connectivity index (χ2n) is 10.2. The van der Waals surface area contributed by atoms with E-state index in [1.165, 1.54) is 19.3 Å². The highest BCUT2D eigenvalue weighted by Gasteiger charge is 2.37. The van der Waals surface area contributed by atoms with Crippen LogP contribution >= 0.6 is 0 Å². The van der Waals surface area contributed by atoms with Crippen molar-refractivity contribution in [1.82, 2.24) is 14.9 Å². The topological polar surface area (TPSA) is 82.0 Å². The Morgan fingerprint density at radius 3 is 2.50 bits per heavy atom. The van der Waals surface area contributed by atoms with Gasteiger partial charge in [0.25, 0.3) is 5.91 Å². The van der Waals surface area contributed by atoms with Crippen LogP contribution in [0.15, 0.2) is 36.4 Å². The van der Waals surface area contributed by atoms with Gasteiger partial charge in [-0.1, -0.05) is 51.0 Å². The number of rotatable bonds is 5. The molecule has 0 spiro atoms. The Hall–Kier alpha value is -3.39. The van der Waals surface area contributed by atoms with Crippen LogP contribution in [0.25, 0.3) is 10.8 Å². The van der Waals surface area contributed by atoms with Gasteiger partial charge in [-0.3, -0.25) is 4.79 Å². The first-order valence-corrected chi connectivity index (χ1v) is 14.1. The quantitative estimate of drug-likeness (QED) is 0.487. The van der Waals surface area contributed by atoms with Gasteiger partial charge in [0.2, 0.25) is 0 Å². The van der Waals surface area contributed by atoms with E-state index in [1.807, 2.05) is 38.1 Å². The third-order valence-electron chi connectivity index (χ3n) is 7.81. The highest BCUT2D eigenvalue weighted by Crippen LogP contribution is 2.39. The summed E-state index contributed by atoms with van der Waals surface area (Å²) in [7, 11) is 2.13. The number of likely N-dealkylation sites (N-methyl/N-ethyl adjacent to an activating group) is 1. The Bertz CT molecular complexity index is 1290. The molecule has 1 N–H and O–H groups in total. The van der Waals surface area contributed by atoms with Crippen LogP contribution in [0.4, 0.5) is 11.5 Å². The summed E-state index contributed by atoms with van der Waals surface area (Å²) in [6.45, 7) is 7.70. The van der Waals surface area contributed by atoms with Crippen molar-refractivity contribution in [3.05, 3.63) is 47.7 Å². The number of phenolic OH excluding ortho intramolecular Hbond substituents is 1. The average Bonchev–Trinajstić information content (AvgIpc) is 3.37. The summed E-state index contributed by atoms with van der Waals surface area (Å²) >= 11 is 0. The van der Waals surface area contributed by atoms with E-state index in [0.717, 1.165) is 49.7 Å². The summed E-state index contributed by atoms with van der Waals surface area (Å²) in [6.07, 6.45) is 6.83. The van der Waals surface area contributed by atoms with E-state index in [2.05, 4.69) is 16.8 Å². The minimum Gasteiger partial charge on any atom is -0.508 e. The first-order valence-electron chi connectivity index (χ1n) is 14.1. The van der Waals surface area contributed by atoms with E-state index in [9.17, 15) is 9.90 Å². The largest absolute Gasteiger partial charge is 0.508 e.